The van der Waals surface area contributed by atoms with Crippen LogP contribution < -0.4 is 5.56 Å². The molecule has 0 spiro atoms. The van der Waals surface area contributed by atoms with Crippen LogP contribution >= 0.6 is 23.1 Å². The predicted octanol–water partition coefficient (Wildman–Crippen LogP) is 3.33. The monoisotopic (exact) mass is 420 g/mol. The van der Waals surface area contributed by atoms with Crippen LogP contribution in [0.15, 0.2) is 32.8 Å². The van der Waals surface area contributed by atoms with Crippen molar-refractivity contribution in [2.45, 2.75) is 37.9 Å². The fraction of sp³-hybridized carbons (Fsp3) is 0.500. The number of thioether (sulfide) groups is 1. The molecule has 0 aliphatic heterocycles. The third kappa shape index (κ3) is 4.05. The summed E-state index contributed by atoms with van der Waals surface area (Å²) in [5, 5.41) is 10.3. The summed E-state index contributed by atoms with van der Waals surface area (Å²) in [6.07, 6.45) is 4.73. The van der Waals surface area contributed by atoms with Gasteiger partial charge in [-0.25, -0.2) is 4.98 Å². The Kier molecular flexibility index (Phi) is 6.20. The molecule has 4 rings (SSSR count). The van der Waals surface area contributed by atoms with Crippen LogP contribution in [0.3, 0.4) is 0 Å². The normalized spacial score (nSPS) is 16.6. The summed E-state index contributed by atoms with van der Waals surface area (Å²) in [5.74, 6) is 2.06. The van der Waals surface area contributed by atoms with Crippen LogP contribution in [0.2, 0.25) is 0 Å². The molecule has 3 aromatic heterocycles. The molecule has 1 unspecified atom stereocenters. The smallest absolute Gasteiger partial charge is 0.263 e. The van der Waals surface area contributed by atoms with Gasteiger partial charge in [-0.05, 0) is 42.9 Å². The van der Waals surface area contributed by atoms with Crippen molar-refractivity contribution < 1.29 is 14.3 Å². The van der Waals surface area contributed by atoms with Crippen LogP contribution in [0, 0.1) is 5.92 Å². The summed E-state index contributed by atoms with van der Waals surface area (Å²) in [4.78, 5) is 20.5. The van der Waals surface area contributed by atoms with Gasteiger partial charge in [0, 0.05) is 10.6 Å². The second-order valence-corrected chi connectivity index (χ2v) is 9.23. The molecule has 1 aliphatic carbocycles. The maximum Gasteiger partial charge on any atom is 0.263 e. The molecule has 0 radical (unpaired) electrons. The number of aliphatic hydroxyl groups excluding tert-OH is 1. The van der Waals surface area contributed by atoms with Gasteiger partial charge in [0.2, 0.25) is 0 Å². The molecule has 0 amide bonds. The van der Waals surface area contributed by atoms with Crippen molar-refractivity contribution in [2.75, 3.05) is 25.6 Å². The van der Waals surface area contributed by atoms with Gasteiger partial charge in [0.1, 0.15) is 10.6 Å². The summed E-state index contributed by atoms with van der Waals surface area (Å²) in [6.45, 7) is 3.47. The molecule has 0 saturated heterocycles. The Balaban J connectivity index is 1.71. The number of furan rings is 1. The third-order valence-electron chi connectivity index (χ3n) is 4.97. The van der Waals surface area contributed by atoms with Gasteiger partial charge in [-0.3, -0.25) is 9.36 Å². The molecule has 28 heavy (non-hydrogen) atoms. The van der Waals surface area contributed by atoms with Crippen LogP contribution in [0.25, 0.3) is 10.2 Å². The van der Waals surface area contributed by atoms with Gasteiger partial charge in [0.15, 0.2) is 5.16 Å². The minimum absolute atomic E-state index is 0.0112. The number of hydrogen-bond donors (Lipinski definition) is 1. The van der Waals surface area contributed by atoms with Crippen molar-refractivity contribution in [3.63, 3.8) is 0 Å². The van der Waals surface area contributed by atoms with Gasteiger partial charge < -0.3 is 14.3 Å². The van der Waals surface area contributed by atoms with E-state index >= 15 is 0 Å². The molecule has 6 nitrogen and oxygen atoms in total. The third-order valence-corrected chi connectivity index (χ3v) is 7.06. The fourth-order valence-corrected chi connectivity index (χ4v) is 5.85. The number of rotatable bonds is 8. The maximum atomic E-state index is 13.4. The standard InChI is InChI=1S/C20H24N2O4S2/c1-13-4-5-15-16(11-13)28-18-17(15)19(24)22(12-14-3-2-7-26-14)20(21-18)27-10-9-25-8-6-23/h2-3,7,13,23H,4-6,8-12H2,1H3. The Bertz CT molecular complexity index is 994. The second kappa shape index (κ2) is 8.82. The van der Waals surface area contributed by atoms with E-state index in [1.54, 1.807) is 22.2 Å². The number of fused-ring (bicyclic) bond motifs is 3. The Morgan fingerprint density at radius 2 is 2.36 bits per heavy atom. The molecule has 8 heteroatoms. The van der Waals surface area contributed by atoms with Gasteiger partial charge in [0.05, 0.1) is 38.0 Å². The van der Waals surface area contributed by atoms with E-state index in [0.29, 0.717) is 36.6 Å². The van der Waals surface area contributed by atoms with Gasteiger partial charge in [-0.1, -0.05) is 18.7 Å². The van der Waals surface area contributed by atoms with Gasteiger partial charge in [-0.15, -0.1) is 11.3 Å². The number of ether oxygens (including phenoxy) is 1. The molecule has 1 N–H and O–H groups in total. The summed E-state index contributed by atoms with van der Waals surface area (Å²) in [5.41, 5.74) is 1.22. The highest BCUT2D eigenvalue weighted by Crippen LogP contribution is 2.36. The van der Waals surface area contributed by atoms with E-state index in [-0.39, 0.29) is 12.2 Å². The van der Waals surface area contributed by atoms with Crippen molar-refractivity contribution in [1.29, 1.82) is 0 Å². The molecule has 0 saturated carbocycles. The first kappa shape index (κ1) is 19.7. The number of hydrogen-bond acceptors (Lipinski definition) is 7. The van der Waals surface area contributed by atoms with Gasteiger partial charge in [0.25, 0.3) is 5.56 Å². The van der Waals surface area contributed by atoms with Gasteiger partial charge >= 0.3 is 0 Å². The molecule has 3 aromatic rings. The largest absolute Gasteiger partial charge is 0.467 e. The molecule has 1 aliphatic rings. The lowest BCUT2D eigenvalue weighted by Crippen LogP contribution is -2.24. The van der Waals surface area contributed by atoms with Crippen molar-refractivity contribution >= 4 is 33.3 Å². The second-order valence-electron chi connectivity index (χ2n) is 7.08. The first-order valence-electron chi connectivity index (χ1n) is 9.56. The Hall–Kier alpha value is -1.61. The first-order chi connectivity index (χ1) is 13.7. The summed E-state index contributed by atoms with van der Waals surface area (Å²) in [6, 6.07) is 3.70. The highest BCUT2D eigenvalue weighted by molar-refractivity contribution is 7.99. The number of aliphatic hydroxyl groups is 1. The quantitative estimate of drug-likeness (QED) is 0.342. The molecule has 0 fully saturated rings. The van der Waals surface area contributed by atoms with Crippen LogP contribution in [-0.2, 0) is 24.1 Å². The molecule has 0 aromatic carbocycles. The number of thiophene rings is 1. The Labute approximate surface area is 171 Å². The lowest BCUT2D eigenvalue weighted by Gasteiger charge is -2.17. The summed E-state index contributed by atoms with van der Waals surface area (Å²) < 4.78 is 12.5. The first-order valence-corrected chi connectivity index (χ1v) is 11.4. The SMILES string of the molecule is CC1CCc2c(sc3nc(SCCOCCO)n(Cc4ccco4)c(=O)c23)C1. The minimum atomic E-state index is 0.0112. The molecule has 3 heterocycles. The zero-order chi connectivity index (χ0) is 19.5. The Morgan fingerprint density at radius 1 is 1.46 bits per heavy atom. The fourth-order valence-electron chi connectivity index (χ4n) is 3.57. The van der Waals surface area contributed by atoms with Crippen molar-refractivity contribution in [3.8, 4) is 0 Å². The lowest BCUT2D eigenvalue weighted by molar-refractivity contribution is 0.103. The number of aromatic nitrogens is 2. The molecular weight excluding hydrogens is 396 g/mol. The average Bonchev–Trinajstić information content (AvgIpc) is 3.31. The molecule has 0 bridgehead atoms. The van der Waals surface area contributed by atoms with E-state index in [2.05, 4.69) is 6.92 Å². The van der Waals surface area contributed by atoms with E-state index in [1.165, 1.54) is 22.2 Å². The molecule has 150 valence electrons. The predicted molar refractivity (Wildman–Crippen MR) is 112 cm³/mol. The summed E-state index contributed by atoms with van der Waals surface area (Å²) >= 11 is 3.18. The highest BCUT2D eigenvalue weighted by atomic mass is 32.2. The Morgan fingerprint density at radius 3 is 3.14 bits per heavy atom. The van der Waals surface area contributed by atoms with E-state index in [9.17, 15) is 4.79 Å². The van der Waals surface area contributed by atoms with Crippen molar-refractivity contribution in [2.24, 2.45) is 5.92 Å². The molecule has 1 atom stereocenters. The van der Waals surface area contributed by atoms with Crippen LogP contribution in [0.1, 0.15) is 29.5 Å². The zero-order valence-electron chi connectivity index (χ0n) is 15.8. The summed E-state index contributed by atoms with van der Waals surface area (Å²) in [7, 11) is 0. The van der Waals surface area contributed by atoms with E-state index < -0.39 is 0 Å². The van der Waals surface area contributed by atoms with E-state index in [4.69, 9.17) is 19.2 Å². The van der Waals surface area contributed by atoms with Crippen LogP contribution in [0.4, 0.5) is 0 Å². The molecular formula is C20H24N2O4S2. The van der Waals surface area contributed by atoms with Crippen molar-refractivity contribution in [3.05, 3.63) is 45.0 Å². The van der Waals surface area contributed by atoms with Crippen LogP contribution in [-0.4, -0.2) is 40.2 Å². The van der Waals surface area contributed by atoms with E-state index in [0.717, 1.165) is 35.2 Å². The number of aryl methyl sites for hydroxylation is 1. The van der Waals surface area contributed by atoms with Crippen LogP contribution in [0.5, 0.6) is 0 Å². The minimum Gasteiger partial charge on any atom is -0.467 e. The maximum absolute atomic E-state index is 13.4. The topological polar surface area (TPSA) is 77.5 Å². The highest BCUT2D eigenvalue weighted by Gasteiger charge is 2.25. The number of nitrogens with zero attached hydrogens (tertiary/aromatic N) is 2. The van der Waals surface area contributed by atoms with Gasteiger partial charge in [-0.2, -0.15) is 0 Å². The zero-order valence-corrected chi connectivity index (χ0v) is 17.5. The lowest BCUT2D eigenvalue weighted by atomic mass is 9.89. The van der Waals surface area contributed by atoms with E-state index in [1.807, 2.05) is 12.1 Å². The average molecular weight is 421 g/mol. The van der Waals surface area contributed by atoms with Crippen molar-refractivity contribution in [1.82, 2.24) is 9.55 Å².